The predicted molar refractivity (Wildman–Crippen MR) is 129 cm³/mol. The van der Waals surface area contributed by atoms with Crippen LogP contribution in [0.25, 0.3) is 0 Å². The average molecular weight is 483 g/mol. The van der Waals surface area contributed by atoms with Gasteiger partial charge in [-0.05, 0) is 49.6 Å². The lowest BCUT2D eigenvalue weighted by Crippen LogP contribution is -2.44. The van der Waals surface area contributed by atoms with Crippen molar-refractivity contribution in [1.82, 2.24) is 19.2 Å². The van der Waals surface area contributed by atoms with Crippen molar-refractivity contribution in [3.63, 3.8) is 0 Å². The van der Waals surface area contributed by atoms with Crippen LogP contribution < -0.4 is 10.1 Å². The van der Waals surface area contributed by atoms with E-state index in [0.717, 1.165) is 11.1 Å². The summed E-state index contributed by atoms with van der Waals surface area (Å²) in [6.07, 6.45) is 4.46. The molecule has 1 aromatic heterocycles. The van der Waals surface area contributed by atoms with E-state index in [2.05, 4.69) is 10.3 Å². The molecule has 1 saturated heterocycles. The maximum atomic E-state index is 13.3. The number of hydrogen-bond acceptors (Lipinski definition) is 5. The third kappa shape index (κ3) is 5.00. The van der Waals surface area contributed by atoms with E-state index in [9.17, 15) is 13.2 Å². The van der Waals surface area contributed by atoms with Crippen LogP contribution in [0, 0.1) is 12.8 Å². The van der Waals surface area contributed by atoms with Crippen molar-refractivity contribution in [3.8, 4) is 5.75 Å². The summed E-state index contributed by atoms with van der Waals surface area (Å²) in [5.41, 5.74) is 1.87. The van der Waals surface area contributed by atoms with Gasteiger partial charge in [-0.2, -0.15) is 4.31 Å². The van der Waals surface area contributed by atoms with Gasteiger partial charge in [0.15, 0.2) is 0 Å². The molecule has 2 aromatic carbocycles. The van der Waals surface area contributed by atoms with Gasteiger partial charge in [0, 0.05) is 38.4 Å². The summed E-state index contributed by atoms with van der Waals surface area (Å²) in [6.45, 7) is 2.53. The molecule has 1 N–H and O–H groups in total. The second kappa shape index (κ2) is 9.99. The van der Waals surface area contributed by atoms with Gasteiger partial charge in [0.05, 0.1) is 12.0 Å². The molecule has 0 saturated carbocycles. The topological polar surface area (TPSA) is 93.5 Å². The van der Waals surface area contributed by atoms with E-state index >= 15 is 0 Å². The number of piperidine rings is 1. The summed E-state index contributed by atoms with van der Waals surface area (Å²) in [6, 6.07) is 14.0. The number of imidazole rings is 1. The van der Waals surface area contributed by atoms with Crippen LogP contribution in [0.4, 0.5) is 0 Å². The Bertz CT molecular complexity index is 1250. The molecule has 180 valence electrons. The lowest BCUT2D eigenvalue weighted by molar-refractivity contribution is -0.126. The molecule has 9 heteroatoms. The lowest BCUT2D eigenvalue weighted by Gasteiger charge is -2.31. The Morgan fingerprint density at radius 2 is 1.85 bits per heavy atom. The number of aromatic nitrogens is 2. The molecule has 0 radical (unpaired) electrons. The molecule has 2 heterocycles. The molecule has 1 aliphatic heterocycles. The van der Waals surface area contributed by atoms with E-state index < -0.39 is 16.1 Å². The highest BCUT2D eigenvalue weighted by molar-refractivity contribution is 7.89. The molecule has 8 nitrogen and oxygen atoms in total. The number of nitrogens with one attached hydrogen (secondary N) is 1. The van der Waals surface area contributed by atoms with Crippen molar-refractivity contribution in [2.45, 2.75) is 30.7 Å². The molecule has 4 rings (SSSR count). The molecule has 0 bridgehead atoms. The quantitative estimate of drug-likeness (QED) is 0.559. The molecular weight excluding hydrogens is 452 g/mol. The third-order valence-corrected chi connectivity index (χ3v) is 8.23. The van der Waals surface area contributed by atoms with Crippen LogP contribution in [-0.2, 0) is 21.9 Å². The lowest BCUT2D eigenvalue weighted by atomic mass is 9.96. The number of carbonyl (C=O) groups is 1. The Kier molecular flexibility index (Phi) is 7.04. The molecule has 0 aliphatic carbocycles. The highest BCUT2D eigenvalue weighted by Gasteiger charge is 2.33. The Morgan fingerprint density at radius 1 is 1.15 bits per heavy atom. The summed E-state index contributed by atoms with van der Waals surface area (Å²) in [5, 5.41) is 3.14. The van der Waals surface area contributed by atoms with E-state index in [1.165, 1.54) is 4.31 Å². The van der Waals surface area contributed by atoms with E-state index in [-0.39, 0.29) is 16.7 Å². The van der Waals surface area contributed by atoms with Crippen molar-refractivity contribution in [2.75, 3.05) is 20.2 Å². The zero-order valence-electron chi connectivity index (χ0n) is 19.6. The number of methoxy groups -OCH3 is 1. The van der Waals surface area contributed by atoms with Gasteiger partial charge in [-0.15, -0.1) is 0 Å². The number of sulfonamides is 1. The second-order valence-corrected chi connectivity index (χ2v) is 10.5. The maximum absolute atomic E-state index is 13.3. The minimum Gasteiger partial charge on any atom is -0.497 e. The highest BCUT2D eigenvalue weighted by Crippen LogP contribution is 2.28. The fourth-order valence-electron chi connectivity index (χ4n) is 4.25. The van der Waals surface area contributed by atoms with Crippen LogP contribution in [0.5, 0.6) is 5.75 Å². The van der Waals surface area contributed by atoms with Gasteiger partial charge in [0.2, 0.25) is 15.9 Å². The fourth-order valence-corrected chi connectivity index (χ4v) is 5.72. The molecular formula is C25H30N4O4S. The van der Waals surface area contributed by atoms with Crippen molar-refractivity contribution in [1.29, 1.82) is 0 Å². The van der Waals surface area contributed by atoms with Crippen molar-refractivity contribution in [3.05, 3.63) is 77.9 Å². The number of benzene rings is 2. The third-order valence-electron chi connectivity index (χ3n) is 6.31. The van der Waals surface area contributed by atoms with Crippen LogP contribution >= 0.6 is 0 Å². The van der Waals surface area contributed by atoms with Gasteiger partial charge >= 0.3 is 0 Å². The molecule has 1 unspecified atom stereocenters. The Labute approximate surface area is 200 Å². The number of hydrogen-bond donors (Lipinski definition) is 1. The summed E-state index contributed by atoms with van der Waals surface area (Å²) in [7, 11) is -0.0803. The van der Waals surface area contributed by atoms with Crippen LogP contribution in [0.15, 0.2) is 65.8 Å². The minimum absolute atomic E-state index is 0.108. The first-order chi connectivity index (χ1) is 16.3. The number of ether oxygens (including phenoxy) is 1. The molecule has 1 amide bonds. The Balaban J connectivity index is 1.47. The number of aryl methyl sites for hydroxylation is 2. The van der Waals surface area contributed by atoms with Crippen LogP contribution in [0.1, 0.15) is 35.8 Å². The zero-order valence-corrected chi connectivity index (χ0v) is 20.5. The number of amides is 1. The molecule has 1 aliphatic rings. The molecule has 1 atom stereocenters. The first-order valence-electron chi connectivity index (χ1n) is 11.3. The molecule has 3 aromatic rings. The average Bonchev–Trinajstić information content (AvgIpc) is 3.28. The Morgan fingerprint density at radius 3 is 2.47 bits per heavy atom. The maximum Gasteiger partial charge on any atom is 0.243 e. The van der Waals surface area contributed by atoms with Gasteiger partial charge in [0.25, 0.3) is 0 Å². The van der Waals surface area contributed by atoms with Gasteiger partial charge < -0.3 is 14.6 Å². The van der Waals surface area contributed by atoms with Crippen molar-refractivity contribution < 1.29 is 17.9 Å². The van der Waals surface area contributed by atoms with Gasteiger partial charge in [-0.3, -0.25) is 4.79 Å². The first kappa shape index (κ1) is 24.0. The van der Waals surface area contributed by atoms with Gasteiger partial charge in [-0.25, -0.2) is 13.4 Å². The minimum atomic E-state index is -3.57. The summed E-state index contributed by atoms with van der Waals surface area (Å²) < 4.78 is 34.7. The largest absolute Gasteiger partial charge is 0.497 e. The highest BCUT2D eigenvalue weighted by atomic mass is 32.2. The van der Waals surface area contributed by atoms with E-state index in [0.29, 0.717) is 37.5 Å². The van der Waals surface area contributed by atoms with Crippen molar-refractivity contribution >= 4 is 15.9 Å². The first-order valence-corrected chi connectivity index (χ1v) is 12.7. The monoisotopic (exact) mass is 482 g/mol. The molecule has 1 fully saturated rings. The van der Waals surface area contributed by atoms with E-state index in [1.807, 2.05) is 49.0 Å². The van der Waals surface area contributed by atoms with Crippen molar-refractivity contribution in [2.24, 2.45) is 13.0 Å². The summed E-state index contributed by atoms with van der Waals surface area (Å²) in [4.78, 5) is 18.0. The Hall–Kier alpha value is -3.17. The fraction of sp³-hybridized carbons (Fsp3) is 0.360. The van der Waals surface area contributed by atoms with E-state index in [4.69, 9.17) is 4.74 Å². The smallest absolute Gasteiger partial charge is 0.243 e. The zero-order chi connectivity index (χ0) is 24.3. The number of rotatable bonds is 7. The van der Waals surface area contributed by atoms with Crippen LogP contribution in [-0.4, -0.2) is 48.4 Å². The normalized spacial score (nSPS) is 16.2. The summed E-state index contributed by atoms with van der Waals surface area (Å²) in [5.74, 6) is 1.02. The molecule has 0 spiro atoms. The number of carbonyl (C=O) groups excluding carboxylic acids is 1. The number of nitrogens with zero attached hydrogens (tertiary/aromatic N) is 3. The molecule has 34 heavy (non-hydrogen) atoms. The summed E-state index contributed by atoms with van der Waals surface area (Å²) >= 11 is 0. The standard InChI is InChI=1S/C25H30N4O4S/c1-18-7-9-22(10-8-18)34(31,32)29-14-11-19(12-15-29)25(30)27-23(24-26-13-16-28(24)2)20-5-4-6-21(17-20)33-3/h4-10,13,16-17,19,23H,11-12,14-15H2,1-3H3,(H,27,30). The van der Waals surface area contributed by atoms with E-state index in [1.54, 1.807) is 37.6 Å². The van der Waals surface area contributed by atoms with Crippen LogP contribution in [0.3, 0.4) is 0 Å². The van der Waals surface area contributed by atoms with Gasteiger partial charge in [0.1, 0.15) is 17.6 Å². The van der Waals surface area contributed by atoms with Gasteiger partial charge in [-0.1, -0.05) is 29.8 Å². The second-order valence-electron chi connectivity index (χ2n) is 8.61. The predicted octanol–water partition coefficient (Wildman–Crippen LogP) is 3.04. The SMILES string of the molecule is COc1cccc(C(NC(=O)C2CCN(S(=O)(=O)c3ccc(C)cc3)CC2)c2nccn2C)c1. The van der Waals surface area contributed by atoms with Crippen LogP contribution in [0.2, 0.25) is 0 Å².